The third-order valence-corrected chi connectivity index (χ3v) is 5.94. The van der Waals surface area contributed by atoms with Gasteiger partial charge >= 0.3 is 0 Å². The van der Waals surface area contributed by atoms with Crippen LogP contribution < -0.4 is 4.90 Å². The van der Waals surface area contributed by atoms with Crippen LogP contribution in [-0.2, 0) is 11.3 Å². The third-order valence-electron chi connectivity index (χ3n) is 4.69. The maximum absolute atomic E-state index is 12.9. The van der Waals surface area contributed by atoms with Crippen molar-refractivity contribution in [3.8, 4) is 0 Å². The summed E-state index contributed by atoms with van der Waals surface area (Å²) >= 11 is 1.47. The lowest BCUT2D eigenvalue weighted by Gasteiger charge is -2.16. The molecular formula is C19H18N4O3S. The van der Waals surface area contributed by atoms with E-state index in [0.29, 0.717) is 18.7 Å². The molecule has 1 saturated heterocycles. The number of fused-ring (bicyclic) bond motifs is 1. The van der Waals surface area contributed by atoms with Crippen LogP contribution in [-0.4, -0.2) is 32.2 Å². The second kappa shape index (κ2) is 7.03. The van der Waals surface area contributed by atoms with Gasteiger partial charge < -0.3 is 9.47 Å². The number of rotatable bonds is 5. The fraction of sp³-hybridized carbons (Fsp3) is 0.263. The molecule has 3 aromatic rings. The van der Waals surface area contributed by atoms with Gasteiger partial charge in [-0.15, -0.1) is 0 Å². The Morgan fingerprint density at radius 1 is 1.26 bits per heavy atom. The van der Waals surface area contributed by atoms with E-state index in [9.17, 15) is 14.9 Å². The first kappa shape index (κ1) is 17.5. The zero-order valence-corrected chi connectivity index (χ0v) is 15.6. The Morgan fingerprint density at radius 3 is 2.85 bits per heavy atom. The maximum Gasteiger partial charge on any atom is 0.271 e. The predicted octanol–water partition coefficient (Wildman–Crippen LogP) is 3.86. The molecule has 0 aliphatic carbocycles. The Labute approximate surface area is 160 Å². The molecule has 1 unspecified atom stereocenters. The SMILES string of the molecule is CCn1c(SC2CCN(c3cccc([N+](=O)[O-])c3)C2=O)nc2ccccc21. The molecule has 27 heavy (non-hydrogen) atoms. The number of nitrogens with zero attached hydrogens (tertiary/aromatic N) is 4. The van der Waals surface area contributed by atoms with Gasteiger partial charge in [0.2, 0.25) is 5.91 Å². The van der Waals surface area contributed by atoms with Crippen molar-refractivity contribution in [2.24, 2.45) is 0 Å². The molecule has 2 heterocycles. The van der Waals surface area contributed by atoms with Crippen LogP contribution >= 0.6 is 11.8 Å². The van der Waals surface area contributed by atoms with Crippen LogP contribution in [0, 0.1) is 10.1 Å². The molecule has 2 aromatic carbocycles. The molecule has 1 amide bonds. The van der Waals surface area contributed by atoms with E-state index in [4.69, 9.17) is 0 Å². The molecule has 4 rings (SSSR count). The van der Waals surface area contributed by atoms with Gasteiger partial charge in [-0.05, 0) is 31.5 Å². The van der Waals surface area contributed by atoms with Crippen LogP contribution in [0.1, 0.15) is 13.3 Å². The summed E-state index contributed by atoms with van der Waals surface area (Å²) in [6, 6.07) is 14.2. The van der Waals surface area contributed by atoms with Crippen LogP contribution in [0.25, 0.3) is 11.0 Å². The molecule has 0 spiro atoms. The molecule has 1 aliphatic rings. The Bertz CT molecular complexity index is 1030. The van der Waals surface area contributed by atoms with Gasteiger partial charge in [-0.2, -0.15) is 0 Å². The van der Waals surface area contributed by atoms with E-state index >= 15 is 0 Å². The molecule has 7 nitrogen and oxygen atoms in total. The fourth-order valence-corrected chi connectivity index (χ4v) is 4.58. The largest absolute Gasteiger partial charge is 0.319 e. The standard InChI is InChI=1S/C19H18N4O3S/c1-2-21-16-9-4-3-8-15(16)20-19(21)27-17-10-11-22(18(17)24)13-6-5-7-14(12-13)23(25)26/h3-9,12,17H,2,10-11H2,1H3. The number of hydrogen-bond donors (Lipinski definition) is 0. The van der Waals surface area contributed by atoms with Crippen molar-refractivity contribution < 1.29 is 9.72 Å². The van der Waals surface area contributed by atoms with Gasteiger partial charge in [-0.3, -0.25) is 14.9 Å². The number of benzene rings is 2. The van der Waals surface area contributed by atoms with Crippen molar-refractivity contribution in [3.63, 3.8) is 0 Å². The minimum absolute atomic E-state index is 0.0100. The second-order valence-electron chi connectivity index (χ2n) is 6.29. The van der Waals surface area contributed by atoms with Gasteiger partial charge in [0.15, 0.2) is 5.16 Å². The lowest BCUT2D eigenvalue weighted by molar-refractivity contribution is -0.384. The smallest absolute Gasteiger partial charge is 0.271 e. The molecule has 0 radical (unpaired) electrons. The number of nitro groups is 1. The highest BCUT2D eigenvalue weighted by molar-refractivity contribution is 8.00. The van der Waals surface area contributed by atoms with Gasteiger partial charge in [-0.25, -0.2) is 4.98 Å². The molecule has 138 valence electrons. The number of hydrogen-bond acceptors (Lipinski definition) is 5. The monoisotopic (exact) mass is 382 g/mol. The molecule has 1 aromatic heterocycles. The number of para-hydroxylation sites is 2. The van der Waals surface area contributed by atoms with E-state index in [1.54, 1.807) is 17.0 Å². The first-order chi connectivity index (χ1) is 13.1. The summed E-state index contributed by atoms with van der Waals surface area (Å²) in [4.78, 5) is 29.8. The summed E-state index contributed by atoms with van der Waals surface area (Å²) in [6.45, 7) is 3.38. The highest BCUT2D eigenvalue weighted by Crippen LogP contribution is 2.35. The zero-order valence-electron chi connectivity index (χ0n) is 14.7. The Morgan fingerprint density at radius 2 is 2.07 bits per heavy atom. The highest BCUT2D eigenvalue weighted by atomic mass is 32.2. The van der Waals surface area contributed by atoms with Crippen LogP contribution in [0.2, 0.25) is 0 Å². The number of carbonyl (C=O) groups is 1. The fourth-order valence-electron chi connectivity index (χ4n) is 3.37. The Kier molecular flexibility index (Phi) is 4.57. The summed E-state index contributed by atoms with van der Waals surface area (Å²) in [6.07, 6.45) is 0.680. The lowest BCUT2D eigenvalue weighted by atomic mass is 10.2. The molecule has 1 atom stereocenters. The normalized spacial score (nSPS) is 17.0. The first-order valence-corrected chi connectivity index (χ1v) is 9.64. The van der Waals surface area contributed by atoms with Crippen LogP contribution in [0.4, 0.5) is 11.4 Å². The van der Waals surface area contributed by atoms with E-state index in [1.165, 1.54) is 23.9 Å². The molecule has 0 saturated carbocycles. The van der Waals surface area contributed by atoms with E-state index in [2.05, 4.69) is 16.5 Å². The summed E-state index contributed by atoms with van der Waals surface area (Å²) < 4.78 is 2.11. The Hall–Kier alpha value is -2.87. The summed E-state index contributed by atoms with van der Waals surface area (Å²) in [5.41, 5.74) is 2.54. The van der Waals surface area contributed by atoms with Crippen LogP contribution in [0.5, 0.6) is 0 Å². The number of thioether (sulfide) groups is 1. The average molecular weight is 382 g/mol. The molecule has 1 fully saturated rings. The minimum Gasteiger partial charge on any atom is -0.319 e. The molecular weight excluding hydrogens is 364 g/mol. The second-order valence-corrected chi connectivity index (χ2v) is 7.46. The van der Waals surface area contributed by atoms with Gasteiger partial charge in [0.25, 0.3) is 5.69 Å². The van der Waals surface area contributed by atoms with Crippen molar-refractivity contribution in [2.45, 2.75) is 30.3 Å². The van der Waals surface area contributed by atoms with Gasteiger partial charge in [-0.1, -0.05) is 30.0 Å². The van der Waals surface area contributed by atoms with Crippen molar-refractivity contribution in [1.29, 1.82) is 0 Å². The highest BCUT2D eigenvalue weighted by Gasteiger charge is 2.35. The topological polar surface area (TPSA) is 81.3 Å². The third kappa shape index (κ3) is 3.16. The van der Waals surface area contributed by atoms with Crippen LogP contribution in [0.3, 0.4) is 0 Å². The van der Waals surface area contributed by atoms with Gasteiger partial charge in [0.1, 0.15) is 0 Å². The Balaban J connectivity index is 1.58. The lowest BCUT2D eigenvalue weighted by Crippen LogP contribution is -2.28. The number of imidazole rings is 1. The van der Waals surface area contributed by atoms with Crippen LogP contribution in [0.15, 0.2) is 53.7 Å². The van der Waals surface area contributed by atoms with Crippen molar-refractivity contribution in [1.82, 2.24) is 9.55 Å². The number of aromatic nitrogens is 2. The zero-order chi connectivity index (χ0) is 19.0. The summed E-state index contributed by atoms with van der Waals surface area (Å²) in [5, 5.41) is 11.6. The summed E-state index contributed by atoms with van der Waals surface area (Å²) in [7, 11) is 0. The molecule has 1 aliphatic heterocycles. The van der Waals surface area contributed by atoms with E-state index in [-0.39, 0.29) is 16.8 Å². The number of anilines is 1. The number of non-ortho nitro benzene ring substituents is 1. The van der Waals surface area contributed by atoms with Gasteiger partial charge in [0.05, 0.1) is 26.9 Å². The average Bonchev–Trinajstić information content (AvgIpc) is 3.22. The first-order valence-electron chi connectivity index (χ1n) is 8.76. The number of aryl methyl sites for hydroxylation is 1. The number of carbonyl (C=O) groups excluding carboxylic acids is 1. The van der Waals surface area contributed by atoms with Crippen molar-refractivity contribution >= 4 is 40.1 Å². The number of amides is 1. The van der Waals surface area contributed by atoms with Crippen molar-refractivity contribution in [3.05, 3.63) is 58.6 Å². The van der Waals surface area contributed by atoms with Gasteiger partial charge in [0, 0.05) is 25.2 Å². The molecule has 8 heteroatoms. The predicted molar refractivity (Wildman–Crippen MR) is 105 cm³/mol. The van der Waals surface area contributed by atoms with E-state index in [1.807, 2.05) is 24.3 Å². The van der Waals surface area contributed by atoms with E-state index in [0.717, 1.165) is 22.7 Å². The minimum atomic E-state index is -0.445. The molecule has 0 bridgehead atoms. The quantitative estimate of drug-likeness (QED) is 0.494. The van der Waals surface area contributed by atoms with Crippen molar-refractivity contribution in [2.75, 3.05) is 11.4 Å². The van der Waals surface area contributed by atoms with E-state index < -0.39 is 4.92 Å². The number of nitro benzene ring substituents is 1. The summed E-state index contributed by atoms with van der Waals surface area (Å²) in [5.74, 6) is -0.0322. The molecule has 0 N–H and O–H groups in total. The maximum atomic E-state index is 12.9.